The number of nitrogens with one attached hydrogen (secondary N) is 1. The van der Waals surface area contributed by atoms with Crippen molar-refractivity contribution in [1.82, 2.24) is 15.3 Å². The molecule has 1 aromatic rings. The monoisotopic (exact) mass is 249 g/mol. The van der Waals surface area contributed by atoms with E-state index in [0.717, 1.165) is 31.9 Å². The lowest BCUT2D eigenvalue weighted by molar-refractivity contribution is 0.0909. The Morgan fingerprint density at radius 1 is 1.18 bits per heavy atom. The number of piperazine rings is 1. The number of rotatable bonds is 2. The molecule has 2 aliphatic heterocycles. The summed E-state index contributed by atoms with van der Waals surface area (Å²) in [6.07, 6.45) is 0. The zero-order valence-electron chi connectivity index (χ0n) is 10.2. The fourth-order valence-corrected chi connectivity index (χ4v) is 3.58. The zero-order chi connectivity index (χ0) is 11.7. The third-order valence-corrected chi connectivity index (χ3v) is 4.72. The molecule has 92 valence electrons. The van der Waals surface area contributed by atoms with Gasteiger partial charge < -0.3 is 4.90 Å². The van der Waals surface area contributed by atoms with E-state index in [4.69, 9.17) is 0 Å². The summed E-state index contributed by atoms with van der Waals surface area (Å²) in [5, 5.41) is 2.38. The molecular formula is C13H19N3S. The van der Waals surface area contributed by atoms with Gasteiger partial charge in [0.25, 0.3) is 0 Å². The lowest BCUT2D eigenvalue weighted by atomic mass is 10.1. The van der Waals surface area contributed by atoms with Crippen molar-refractivity contribution in [3.63, 3.8) is 0 Å². The van der Waals surface area contributed by atoms with E-state index in [-0.39, 0.29) is 0 Å². The van der Waals surface area contributed by atoms with E-state index in [1.165, 1.54) is 10.5 Å². The van der Waals surface area contributed by atoms with Gasteiger partial charge in [0.1, 0.15) is 0 Å². The summed E-state index contributed by atoms with van der Waals surface area (Å²) in [5.74, 6) is 1.16. The molecular weight excluding hydrogens is 230 g/mol. The maximum absolute atomic E-state index is 3.68. The summed E-state index contributed by atoms with van der Waals surface area (Å²) in [6, 6.07) is 9.25. The normalized spacial score (nSPS) is 26.1. The first kappa shape index (κ1) is 11.5. The van der Waals surface area contributed by atoms with Gasteiger partial charge in [-0.1, -0.05) is 18.2 Å². The number of likely N-dealkylation sites (N-methyl/N-ethyl adjacent to an activating group) is 1. The van der Waals surface area contributed by atoms with E-state index >= 15 is 0 Å². The SMILES string of the molecule is CN1CCN(NC2CSc3ccccc32)CC1. The number of benzene rings is 1. The number of fused-ring (bicyclic) bond motifs is 1. The van der Waals surface area contributed by atoms with E-state index in [2.05, 4.69) is 46.6 Å². The molecule has 2 heterocycles. The molecule has 1 unspecified atom stereocenters. The minimum absolute atomic E-state index is 0.500. The van der Waals surface area contributed by atoms with Crippen molar-refractivity contribution < 1.29 is 0 Å². The summed E-state index contributed by atoms with van der Waals surface area (Å²) in [5.41, 5.74) is 5.15. The van der Waals surface area contributed by atoms with E-state index in [9.17, 15) is 0 Å². The van der Waals surface area contributed by atoms with Crippen molar-refractivity contribution in [2.75, 3.05) is 39.0 Å². The molecule has 1 atom stereocenters. The predicted molar refractivity (Wildman–Crippen MR) is 72.1 cm³/mol. The highest BCUT2D eigenvalue weighted by Gasteiger charge is 2.25. The molecule has 3 rings (SSSR count). The molecule has 0 aliphatic carbocycles. The van der Waals surface area contributed by atoms with Gasteiger partial charge in [-0.3, -0.25) is 0 Å². The molecule has 17 heavy (non-hydrogen) atoms. The van der Waals surface area contributed by atoms with Gasteiger partial charge in [-0.15, -0.1) is 11.8 Å². The molecule has 0 aromatic heterocycles. The summed E-state index contributed by atoms with van der Waals surface area (Å²) in [6.45, 7) is 4.57. The van der Waals surface area contributed by atoms with E-state index < -0.39 is 0 Å². The molecule has 4 heteroatoms. The highest BCUT2D eigenvalue weighted by Crippen LogP contribution is 2.37. The van der Waals surface area contributed by atoms with Gasteiger partial charge in [0.2, 0.25) is 0 Å². The summed E-state index contributed by atoms with van der Waals surface area (Å²) < 4.78 is 0. The van der Waals surface area contributed by atoms with Gasteiger partial charge in [-0.25, -0.2) is 10.4 Å². The third kappa shape index (κ3) is 2.50. The van der Waals surface area contributed by atoms with Crippen molar-refractivity contribution in [2.45, 2.75) is 10.9 Å². The van der Waals surface area contributed by atoms with Crippen molar-refractivity contribution >= 4 is 11.8 Å². The van der Waals surface area contributed by atoms with Crippen LogP contribution in [0.2, 0.25) is 0 Å². The molecule has 2 aliphatic rings. The predicted octanol–water partition coefficient (Wildman–Crippen LogP) is 1.59. The van der Waals surface area contributed by atoms with E-state index in [0.29, 0.717) is 6.04 Å². The van der Waals surface area contributed by atoms with Crippen LogP contribution in [0.5, 0.6) is 0 Å². The van der Waals surface area contributed by atoms with Gasteiger partial charge in [-0.2, -0.15) is 0 Å². The molecule has 0 amide bonds. The maximum atomic E-state index is 3.68. The summed E-state index contributed by atoms with van der Waals surface area (Å²) in [4.78, 5) is 3.83. The van der Waals surface area contributed by atoms with E-state index in [1.54, 1.807) is 0 Å². The number of hydrazine groups is 1. The van der Waals surface area contributed by atoms with Crippen molar-refractivity contribution in [2.24, 2.45) is 0 Å². The lowest BCUT2D eigenvalue weighted by Crippen LogP contribution is -2.51. The second kappa shape index (κ2) is 4.98. The van der Waals surface area contributed by atoms with Gasteiger partial charge in [0.05, 0.1) is 6.04 Å². The number of hydrogen-bond acceptors (Lipinski definition) is 4. The summed E-state index contributed by atoms with van der Waals surface area (Å²) >= 11 is 1.97. The number of hydrogen-bond donors (Lipinski definition) is 1. The number of nitrogens with zero attached hydrogens (tertiary/aromatic N) is 2. The largest absolute Gasteiger partial charge is 0.304 e. The van der Waals surface area contributed by atoms with Crippen LogP contribution >= 0.6 is 11.8 Å². The quantitative estimate of drug-likeness (QED) is 0.857. The third-order valence-electron chi connectivity index (χ3n) is 3.54. The highest BCUT2D eigenvalue weighted by atomic mass is 32.2. The molecule has 0 spiro atoms. The van der Waals surface area contributed by atoms with Crippen LogP contribution in [0.3, 0.4) is 0 Å². The van der Waals surface area contributed by atoms with Gasteiger partial charge in [-0.05, 0) is 18.7 Å². The van der Waals surface area contributed by atoms with Crippen LogP contribution in [-0.4, -0.2) is 48.9 Å². The first-order chi connectivity index (χ1) is 8.33. The average molecular weight is 249 g/mol. The first-order valence-electron chi connectivity index (χ1n) is 6.24. The topological polar surface area (TPSA) is 18.5 Å². The van der Waals surface area contributed by atoms with E-state index in [1.807, 2.05) is 11.8 Å². The van der Waals surface area contributed by atoms with Crippen LogP contribution in [0.4, 0.5) is 0 Å². The van der Waals surface area contributed by atoms with Crippen LogP contribution < -0.4 is 5.43 Å². The Morgan fingerprint density at radius 2 is 1.94 bits per heavy atom. The van der Waals surface area contributed by atoms with Crippen molar-refractivity contribution in [1.29, 1.82) is 0 Å². The molecule has 0 bridgehead atoms. The smallest absolute Gasteiger partial charge is 0.0569 e. The molecule has 1 fully saturated rings. The van der Waals surface area contributed by atoms with Gasteiger partial charge in [0, 0.05) is 36.8 Å². The maximum Gasteiger partial charge on any atom is 0.0569 e. The van der Waals surface area contributed by atoms with Crippen LogP contribution in [-0.2, 0) is 0 Å². The second-order valence-corrected chi connectivity index (χ2v) is 5.88. The molecule has 0 radical (unpaired) electrons. The Hall–Kier alpha value is -0.550. The molecule has 1 saturated heterocycles. The standard InChI is InChI=1S/C13H19N3S/c1-15-6-8-16(9-7-15)14-12-10-17-13-5-3-2-4-11(12)13/h2-5,12,14H,6-10H2,1H3. The Morgan fingerprint density at radius 3 is 2.76 bits per heavy atom. The highest BCUT2D eigenvalue weighted by molar-refractivity contribution is 7.99. The van der Waals surface area contributed by atoms with Gasteiger partial charge in [0.15, 0.2) is 0 Å². The Balaban J connectivity index is 1.64. The van der Waals surface area contributed by atoms with Crippen LogP contribution in [0, 0.1) is 0 Å². The van der Waals surface area contributed by atoms with Crippen LogP contribution in [0.15, 0.2) is 29.2 Å². The van der Waals surface area contributed by atoms with Crippen molar-refractivity contribution in [3.8, 4) is 0 Å². The Bertz CT molecular complexity index is 388. The molecule has 0 saturated carbocycles. The lowest BCUT2D eigenvalue weighted by Gasteiger charge is -2.34. The zero-order valence-corrected chi connectivity index (χ0v) is 11.0. The van der Waals surface area contributed by atoms with Crippen LogP contribution in [0.25, 0.3) is 0 Å². The Kier molecular flexibility index (Phi) is 3.38. The van der Waals surface area contributed by atoms with Crippen LogP contribution in [0.1, 0.15) is 11.6 Å². The molecule has 1 N–H and O–H groups in total. The first-order valence-corrected chi connectivity index (χ1v) is 7.23. The molecule has 1 aromatic carbocycles. The minimum atomic E-state index is 0.500. The second-order valence-electron chi connectivity index (χ2n) is 4.82. The Labute approximate surface area is 107 Å². The number of thioether (sulfide) groups is 1. The summed E-state index contributed by atoms with van der Waals surface area (Å²) in [7, 11) is 2.19. The van der Waals surface area contributed by atoms with Crippen molar-refractivity contribution in [3.05, 3.63) is 29.8 Å². The van der Waals surface area contributed by atoms with Gasteiger partial charge >= 0.3 is 0 Å². The minimum Gasteiger partial charge on any atom is -0.304 e. The average Bonchev–Trinajstić information content (AvgIpc) is 2.76. The fourth-order valence-electron chi connectivity index (χ4n) is 2.43. The fraction of sp³-hybridized carbons (Fsp3) is 0.538. The molecule has 3 nitrogen and oxygen atoms in total.